The van der Waals surface area contributed by atoms with E-state index in [1.165, 1.54) is 289 Å². The third-order valence-corrected chi connectivity index (χ3v) is 17.9. The van der Waals surface area contributed by atoms with Gasteiger partial charge >= 0.3 is 11.7 Å². The first-order valence-corrected chi connectivity index (χ1v) is 36.8. The van der Waals surface area contributed by atoms with E-state index in [9.17, 15) is 24.6 Å². The van der Waals surface area contributed by atoms with E-state index in [0.29, 0.717) is 6.42 Å². The molecule has 0 aliphatic carbocycles. The van der Waals surface area contributed by atoms with Gasteiger partial charge in [0.1, 0.15) is 24.9 Å². The summed E-state index contributed by atoms with van der Waals surface area (Å²) in [4.78, 5) is 52.4. The van der Waals surface area contributed by atoms with E-state index in [-0.39, 0.29) is 30.1 Å². The highest BCUT2D eigenvalue weighted by Crippen LogP contribution is 2.30. The van der Waals surface area contributed by atoms with Crippen molar-refractivity contribution in [2.75, 3.05) is 51.6 Å². The maximum absolute atomic E-state index is 13.0. The van der Waals surface area contributed by atoms with E-state index in [2.05, 4.69) is 82.0 Å². The average Bonchev–Trinajstić information content (AvgIpc) is 2.33. The fourth-order valence-electron chi connectivity index (χ4n) is 12.3. The first-order chi connectivity index (χ1) is 42.7. The number of fused-ring (bicyclic) bond motifs is 1. The fraction of sp³-hybridized carbons (Fsp3) is 0.836. The number of nitrogen functional groups attached to an aromatic ring is 1. The maximum Gasteiger partial charge on any atom is 0.330 e. The monoisotopic (exact) mass is 1220 g/mol. The van der Waals surface area contributed by atoms with Crippen LogP contribution in [0.5, 0.6) is 0 Å². The maximum atomic E-state index is 13.0. The summed E-state index contributed by atoms with van der Waals surface area (Å²) in [5.74, 6) is -0.621. The average molecular weight is 1220 g/mol. The summed E-state index contributed by atoms with van der Waals surface area (Å²) in [6, 6.07) is 0. The van der Waals surface area contributed by atoms with Crippen molar-refractivity contribution in [1.29, 1.82) is 0 Å². The van der Waals surface area contributed by atoms with E-state index in [1.54, 1.807) is 0 Å². The number of aromatic nitrogens is 4. The zero-order chi connectivity index (χ0) is 62.5. The molecule has 0 aromatic carbocycles. The van der Waals surface area contributed by atoms with Gasteiger partial charge in [-0.1, -0.05) is 237 Å². The number of hydrogen-bond donors (Lipinski definition) is 5. The van der Waals surface area contributed by atoms with Gasteiger partial charge < -0.3 is 35.2 Å². The number of hydrogen-bond acceptors (Lipinski definition) is 11. The fourth-order valence-corrected chi connectivity index (χ4v) is 12.3. The molecule has 3 heterocycles. The number of aromatic amines is 2. The molecule has 2 aromatic heterocycles. The molecule has 0 bridgehead atoms. The van der Waals surface area contributed by atoms with Crippen LogP contribution in [0.3, 0.4) is 0 Å². The van der Waals surface area contributed by atoms with Gasteiger partial charge in [-0.15, -0.1) is 0 Å². The van der Waals surface area contributed by atoms with Crippen molar-refractivity contribution in [3.05, 3.63) is 57.3 Å². The lowest BCUT2D eigenvalue weighted by Crippen LogP contribution is -2.35. The summed E-state index contributed by atoms with van der Waals surface area (Å²) in [5.41, 5.74) is 4.06. The number of rotatable bonds is 61. The molecule has 502 valence electrons. The molecule has 87 heavy (non-hydrogen) atoms. The highest BCUT2D eigenvalue weighted by atomic mass is 16.6. The molecule has 14 heteroatoms. The van der Waals surface area contributed by atoms with Crippen LogP contribution in [-0.2, 0) is 14.3 Å². The summed E-state index contributed by atoms with van der Waals surface area (Å²) in [5, 5.41) is 21.7. The quantitative estimate of drug-likeness (QED) is 0.0240. The number of carbonyl (C=O) groups is 1. The third-order valence-electron chi connectivity index (χ3n) is 17.9. The molecule has 6 N–H and O–H groups in total. The second-order valence-corrected chi connectivity index (χ2v) is 25.8. The number of unbranched alkanes of at least 4 members (excludes halogenated alkanes) is 38. The summed E-state index contributed by atoms with van der Waals surface area (Å²) < 4.78 is 12.3. The van der Waals surface area contributed by atoms with Gasteiger partial charge in [0.15, 0.2) is 17.4 Å². The highest BCUT2D eigenvalue weighted by Gasteiger charge is 2.46. The van der Waals surface area contributed by atoms with Crippen molar-refractivity contribution < 1.29 is 24.5 Å². The number of allylic oxidation sites excluding steroid dienone is 6. The number of anilines is 1. The number of nitrogens with one attached hydrogen (secondary N) is 2. The van der Waals surface area contributed by atoms with Gasteiger partial charge in [0, 0.05) is 6.42 Å². The molecule has 3 rings (SSSR count). The lowest BCUT2D eigenvalue weighted by atomic mass is 10.1. The van der Waals surface area contributed by atoms with Crippen molar-refractivity contribution in [3.8, 4) is 0 Å². The van der Waals surface area contributed by atoms with Crippen LogP contribution in [0.2, 0.25) is 0 Å². The Labute approximate surface area is 530 Å². The Morgan fingerprint density at radius 2 is 0.816 bits per heavy atom. The molecule has 2 aromatic rings. The Morgan fingerprint density at radius 3 is 1.20 bits per heavy atom. The Bertz CT molecular complexity index is 2090. The van der Waals surface area contributed by atoms with Gasteiger partial charge in [-0.25, -0.2) is 9.36 Å². The van der Waals surface area contributed by atoms with Crippen molar-refractivity contribution in [3.63, 3.8) is 0 Å². The predicted octanol–water partition coefficient (Wildman–Crippen LogP) is 17.8. The van der Waals surface area contributed by atoms with Crippen molar-refractivity contribution in [1.82, 2.24) is 29.3 Å². The summed E-state index contributed by atoms with van der Waals surface area (Å²) in [6.45, 7) is 13.4. The molecule has 0 amide bonds. The standard InChI is InChI=1S/C73H133N7O7/c1-4-7-10-13-16-19-22-25-28-31-34-37-40-43-46-51-57-78(58-52-47-44-41-38-35-32-29-26-23-20-17-14-11-8-5-2)61-55-62-79(59-53-48-45-42-39-36-33-30-27-24-21-18-15-12-9-6-3)60-54-49-50-56-65(81)86-63-64-67(82)68(83)71(87-64)80-69-66(75-73(80)85)70(84)77-72(74)76-69/h25-30,64,67-68,71,82-83H,4-24,31-63H2,1-3H3,(H,75,85)(H3,74,76,77,84)/b28-25-,29-26-,30-27-/t64-,67?,68?,71-/m0/s1. The first-order valence-electron chi connectivity index (χ1n) is 36.8. The topological polar surface area (TPSA) is 192 Å². The minimum Gasteiger partial charge on any atom is -0.463 e. The number of ether oxygens (including phenoxy) is 2. The van der Waals surface area contributed by atoms with E-state index < -0.39 is 41.8 Å². The van der Waals surface area contributed by atoms with Crippen molar-refractivity contribution >= 4 is 23.1 Å². The van der Waals surface area contributed by atoms with Crippen molar-refractivity contribution in [2.45, 2.75) is 347 Å². The third kappa shape index (κ3) is 38.7. The van der Waals surface area contributed by atoms with Crippen LogP contribution in [0.25, 0.3) is 11.2 Å². The second-order valence-electron chi connectivity index (χ2n) is 25.8. The Balaban J connectivity index is 1.45. The molecule has 1 aliphatic rings. The normalized spacial score (nSPS) is 16.5. The number of imidazole rings is 1. The Hall–Kier alpha value is -3.56. The van der Waals surface area contributed by atoms with Crippen LogP contribution in [0.15, 0.2) is 46.0 Å². The van der Waals surface area contributed by atoms with Crippen molar-refractivity contribution in [2.24, 2.45) is 0 Å². The number of H-pyrrole nitrogens is 2. The largest absolute Gasteiger partial charge is 0.463 e. The molecule has 0 saturated carbocycles. The number of nitrogens with two attached hydrogens (primary N) is 1. The van der Waals surface area contributed by atoms with Gasteiger partial charge in [0.2, 0.25) is 5.95 Å². The molecule has 14 nitrogen and oxygen atoms in total. The molecular weight excluding hydrogens is 1090 g/mol. The molecule has 1 aliphatic heterocycles. The molecule has 2 unspecified atom stereocenters. The lowest BCUT2D eigenvalue weighted by Gasteiger charge is -2.26. The lowest BCUT2D eigenvalue weighted by molar-refractivity contribution is -0.150. The molecule has 1 saturated heterocycles. The zero-order valence-corrected chi connectivity index (χ0v) is 56.3. The van der Waals surface area contributed by atoms with Gasteiger partial charge in [0.25, 0.3) is 5.56 Å². The number of aliphatic hydroxyl groups is 2. The van der Waals surface area contributed by atoms with E-state index >= 15 is 0 Å². The molecular formula is C73H133N7O7. The van der Waals surface area contributed by atoms with Gasteiger partial charge in [-0.3, -0.25) is 19.6 Å². The van der Waals surface area contributed by atoms with Gasteiger partial charge in [0.05, 0.1) is 0 Å². The highest BCUT2D eigenvalue weighted by molar-refractivity contribution is 5.70. The molecule has 4 atom stereocenters. The van der Waals surface area contributed by atoms with Crippen LogP contribution in [-0.4, -0.2) is 110 Å². The van der Waals surface area contributed by atoms with E-state index in [0.717, 1.165) is 43.6 Å². The Kier molecular flexibility index (Phi) is 48.4. The van der Waals surface area contributed by atoms with Crippen LogP contribution < -0.4 is 17.0 Å². The van der Waals surface area contributed by atoms with E-state index in [1.807, 2.05) is 0 Å². The molecule has 0 spiro atoms. The number of esters is 1. The minimum absolute atomic E-state index is 0.114. The number of nitrogens with zero attached hydrogens (tertiary/aromatic N) is 4. The summed E-state index contributed by atoms with van der Waals surface area (Å²) >= 11 is 0. The van der Waals surface area contributed by atoms with E-state index in [4.69, 9.17) is 15.2 Å². The van der Waals surface area contributed by atoms with Crippen LogP contribution >= 0.6 is 0 Å². The van der Waals surface area contributed by atoms with Crippen LogP contribution in [0.4, 0.5) is 5.95 Å². The van der Waals surface area contributed by atoms with Crippen LogP contribution in [0.1, 0.15) is 329 Å². The Morgan fingerprint density at radius 1 is 0.483 bits per heavy atom. The number of aliphatic hydroxyl groups excluding tert-OH is 2. The SMILES string of the molecule is CCCCCCCC/C=C\CCCCCCCCN(CCCCCCCC/C=C\CCCCCCCC)CCCN(CCCCCCCC/C=C\CCCCCCCC)CCCCCC(=O)OC[C@@H]1O[C@H](n2c(=O)[nH]c3c(=O)[nH]c(N)nc32)C(O)C1O. The smallest absolute Gasteiger partial charge is 0.330 e. The second kappa shape index (κ2) is 54.2. The summed E-state index contributed by atoms with van der Waals surface area (Å²) in [7, 11) is 0. The van der Waals surface area contributed by atoms with Gasteiger partial charge in [-0.2, -0.15) is 4.98 Å². The zero-order valence-electron chi connectivity index (χ0n) is 56.3. The first kappa shape index (κ1) is 77.7. The van der Waals surface area contributed by atoms with Crippen LogP contribution in [0, 0.1) is 0 Å². The predicted molar refractivity (Wildman–Crippen MR) is 367 cm³/mol. The molecule has 1 fully saturated rings. The summed E-state index contributed by atoms with van der Waals surface area (Å²) in [6.07, 6.45) is 69.0. The van der Waals surface area contributed by atoms with Gasteiger partial charge in [-0.05, 0) is 155 Å². The minimum atomic E-state index is -1.54. The number of carbonyl (C=O) groups excluding carboxylic acids is 1. The molecule has 0 radical (unpaired) electrons.